The maximum Gasteiger partial charge on any atom is 0.243 e. The number of aromatic nitrogens is 1. The zero-order chi connectivity index (χ0) is 12.9. The molecule has 5 nitrogen and oxygen atoms in total. The van der Waals surface area contributed by atoms with Gasteiger partial charge in [0.2, 0.25) is 10.0 Å². The SMILES string of the molecule is C[C@@H]1CCC1S(=O)(=O)n1ccc2c1=NCC(Br)N=2. The van der Waals surface area contributed by atoms with Gasteiger partial charge in [-0.1, -0.05) is 22.9 Å². The highest BCUT2D eigenvalue weighted by molar-refractivity contribution is 9.09. The van der Waals surface area contributed by atoms with Gasteiger partial charge in [0.1, 0.15) is 10.3 Å². The molecule has 0 N–H and O–H groups in total. The summed E-state index contributed by atoms with van der Waals surface area (Å²) in [6.07, 6.45) is 3.30. The molecule has 1 aromatic rings. The van der Waals surface area contributed by atoms with Gasteiger partial charge in [-0.2, -0.15) is 0 Å². The van der Waals surface area contributed by atoms with Crippen molar-refractivity contribution >= 4 is 26.0 Å². The average molecular weight is 332 g/mol. The van der Waals surface area contributed by atoms with Gasteiger partial charge in [0.15, 0.2) is 5.49 Å². The molecule has 0 saturated heterocycles. The summed E-state index contributed by atoms with van der Waals surface area (Å²) < 4.78 is 26.3. The smallest absolute Gasteiger partial charge is 0.243 e. The fraction of sp³-hybridized carbons (Fsp3) is 0.636. The highest BCUT2D eigenvalue weighted by Crippen LogP contribution is 2.33. The molecule has 7 heteroatoms. The van der Waals surface area contributed by atoms with Crippen LogP contribution < -0.4 is 10.8 Å². The molecule has 98 valence electrons. The Morgan fingerprint density at radius 3 is 2.83 bits per heavy atom. The van der Waals surface area contributed by atoms with E-state index in [1.807, 2.05) is 6.92 Å². The molecule has 1 fully saturated rings. The number of alkyl halides is 1. The fourth-order valence-corrected chi connectivity index (χ4v) is 4.87. The molecule has 1 aromatic heterocycles. The van der Waals surface area contributed by atoms with E-state index in [4.69, 9.17) is 0 Å². The molecule has 2 aliphatic rings. The van der Waals surface area contributed by atoms with Gasteiger partial charge in [0.05, 0.1) is 11.8 Å². The number of fused-ring (bicyclic) bond motifs is 1. The summed E-state index contributed by atoms with van der Waals surface area (Å²) in [4.78, 5) is 8.60. The van der Waals surface area contributed by atoms with Crippen LogP contribution in [-0.2, 0) is 10.0 Å². The quantitative estimate of drug-likeness (QED) is 0.583. The molecule has 0 bridgehead atoms. The van der Waals surface area contributed by atoms with E-state index in [1.54, 1.807) is 12.3 Å². The molecular formula is C11H14BrN3O2S. The summed E-state index contributed by atoms with van der Waals surface area (Å²) in [5, 5.41) is 0.379. The first-order valence-corrected chi connectivity index (χ1v) is 8.40. The summed E-state index contributed by atoms with van der Waals surface area (Å²) in [7, 11) is -3.32. The van der Waals surface area contributed by atoms with E-state index in [0.29, 0.717) is 17.4 Å². The predicted octanol–water partition coefficient (Wildman–Crippen LogP) is 0.438. The zero-order valence-electron chi connectivity index (χ0n) is 9.95. The summed E-state index contributed by atoms with van der Waals surface area (Å²) in [6, 6.07) is 1.72. The van der Waals surface area contributed by atoms with Crippen LogP contribution in [0.5, 0.6) is 0 Å². The lowest BCUT2D eigenvalue weighted by Gasteiger charge is -2.33. The van der Waals surface area contributed by atoms with E-state index < -0.39 is 10.0 Å². The third-order valence-electron chi connectivity index (χ3n) is 3.67. The van der Waals surface area contributed by atoms with Crippen LogP contribution in [0.4, 0.5) is 0 Å². The molecule has 1 aliphatic carbocycles. The summed E-state index contributed by atoms with van der Waals surface area (Å²) in [5.74, 6) is 0.234. The molecule has 0 aromatic carbocycles. The van der Waals surface area contributed by atoms with Crippen molar-refractivity contribution < 1.29 is 8.42 Å². The molecular weight excluding hydrogens is 318 g/mol. The van der Waals surface area contributed by atoms with Crippen LogP contribution >= 0.6 is 15.9 Å². The predicted molar refractivity (Wildman–Crippen MR) is 70.8 cm³/mol. The number of halogens is 1. The van der Waals surface area contributed by atoms with Crippen LogP contribution in [0, 0.1) is 5.92 Å². The van der Waals surface area contributed by atoms with E-state index in [9.17, 15) is 8.42 Å². The molecule has 3 rings (SSSR count). The number of nitrogens with zero attached hydrogens (tertiary/aromatic N) is 3. The minimum absolute atomic E-state index is 0.0498. The Kier molecular flexibility index (Phi) is 2.85. The van der Waals surface area contributed by atoms with Gasteiger partial charge in [-0.15, -0.1) is 0 Å². The van der Waals surface area contributed by atoms with Crippen LogP contribution in [0.25, 0.3) is 0 Å². The molecule has 1 aliphatic heterocycles. The number of rotatable bonds is 2. The normalized spacial score (nSPS) is 30.9. The lowest BCUT2D eigenvalue weighted by molar-refractivity contribution is 0.342. The van der Waals surface area contributed by atoms with Gasteiger partial charge in [-0.25, -0.2) is 12.4 Å². The second kappa shape index (κ2) is 4.16. The van der Waals surface area contributed by atoms with Crippen molar-refractivity contribution in [3.8, 4) is 0 Å². The monoisotopic (exact) mass is 331 g/mol. The maximum absolute atomic E-state index is 12.5. The zero-order valence-corrected chi connectivity index (χ0v) is 12.4. The largest absolute Gasteiger partial charge is 0.265 e. The second-order valence-corrected chi connectivity index (χ2v) is 7.95. The highest BCUT2D eigenvalue weighted by Gasteiger charge is 2.39. The van der Waals surface area contributed by atoms with Gasteiger partial charge in [-0.3, -0.25) is 9.98 Å². The third-order valence-corrected chi connectivity index (χ3v) is 6.48. The van der Waals surface area contributed by atoms with Gasteiger partial charge in [-0.05, 0) is 24.8 Å². The first-order valence-electron chi connectivity index (χ1n) is 5.98. The van der Waals surface area contributed by atoms with Crippen molar-refractivity contribution in [1.29, 1.82) is 0 Å². The van der Waals surface area contributed by atoms with Crippen LogP contribution in [0.3, 0.4) is 0 Å². The molecule has 18 heavy (non-hydrogen) atoms. The van der Waals surface area contributed by atoms with Gasteiger partial charge >= 0.3 is 0 Å². The molecule has 0 spiro atoms. The van der Waals surface area contributed by atoms with Crippen molar-refractivity contribution in [2.45, 2.75) is 30.0 Å². The van der Waals surface area contributed by atoms with E-state index in [0.717, 1.165) is 12.8 Å². The van der Waals surface area contributed by atoms with E-state index in [-0.39, 0.29) is 16.1 Å². The van der Waals surface area contributed by atoms with E-state index in [1.165, 1.54) is 3.97 Å². The number of hydrogen-bond acceptors (Lipinski definition) is 4. The van der Waals surface area contributed by atoms with Crippen molar-refractivity contribution in [2.24, 2.45) is 15.9 Å². The van der Waals surface area contributed by atoms with Crippen LogP contribution in [0.2, 0.25) is 0 Å². The van der Waals surface area contributed by atoms with Gasteiger partial charge in [0.25, 0.3) is 0 Å². The molecule has 3 atom stereocenters. The van der Waals surface area contributed by atoms with Crippen LogP contribution in [-0.4, -0.2) is 29.1 Å². The Bertz CT molecular complexity index is 694. The van der Waals surface area contributed by atoms with Crippen molar-refractivity contribution in [3.63, 3.8) is 0 Å². The highest BCUT2D eigenvalue weighted by atomic mass is 79.9. The lowest BCUT2D eigenvalue weighted by Crippen LogP contribution is -2.46. The third kappa shape index (κ3) is 1.75. The van der Waals surface area contributed by atoms with E-state index in [2.05, 4.69) is 25.9 Å². The Morgan fingerprint density at radius 2 is 2.22 bits per heavy atom. The summed E-state index contributed by atoms with van der Waals surface area (Å²) in [6.45, 7) is 2.46. The fourth-order valence-electron chi connectivity index (χ4n) is 2.43. The minimum Gasteiger partial charge on any atom is -0.265 e. The maximum atomic E-state index is 12.5. The van der Waals surface area contributed by atoms with Gasteiger partial charge in [0, 0.05) is 6.20 Å². The average Bonchev–Trinajstić information content (AvgIpc) is 2.69. The van der Waals surface area contributed by atoms with Crippen LogP contribution in [0.15, 0.2) is 22.2 Å². The van der Waals surface area contributed by atoms with Crippen molar-refractivity contribution in [1.82, 2.24) is 3.97 Å². The standard InChI is InChI=1S/C11H14BrN3O2S/c1-7-2-3-9(7)18(16,17)15-5-4-8-11(15)13-6-10(12)14-8/h4-5,7,9-10H,2-3,6H2,1H3/t7-,9?,10?/m1/s1. The molecule has 2 heterocycles. The van der Waals surface area contributed by atoms with Gasteiger partial charge < -0.3 is 0 Å². The van der Waals surface area contributed by atoms with E-state index >= 15 is 0 Å². The first-order chi connectivity index (χ1) is 8.50. The molecule has 2 unspecified atom stereocenters. The van der Waals surface area contributed by atoms with Crippen molar-refractivity contribution in [3.05, 3.63) is 23.1 Å². The Hall–Kier alpha value is -0.690. The molecule has 0 amide bonds. The van der Waals surface area contributed by atoms with Crippen molar-refractivity contribution in [2.75, 3.05) is 6.54 Å². The topological polar surface area (TPSA) is 63.8 Å². The number of hydrogen-bond donors (Lipinski definition) is 0. The lowest BCUT2D eigenvalue weighted by atomic mass is 9.87. The first kappa shape index (κ1) is 12.3. The minimum atomic E-state index is -3.32. The summed E-state index contributed by atoms with van der Waals surface area (Å²) >= 11 is 3.36. The van der Waals surface area contributed by atoms with Crippen LogP contribution in [0.1, 0.15) is 19.8 Å². The second-order valence-electron chi connectivity index (χ2n) is 4.86. The Labute approximate surface area is 114 Å². The molecule has 0 radical (unpaired) electrons. The Morgan fingerprint density at radius 1 is 1.44 bits per heavy atom. The molecule has 1 saturated carbocycles. The summed E-state index contributed by atoms with van der Waals surface area (Å²) in [5.41, 5.74) is 0.477. The Balaban J connectivity index is 2.13.